The van der Waals surface area contributed by atoms with Gasteiger partial charge in [-0.1, -0.05) is 30.3 Å². The Labute approximate surface area is 99.4 Å². The molecule has 2 N–H and O–H groups in total. The number of hydrogen-bond donors (Lipinski definition) is 2. The lowest BCUT2D eigenvalue weighted by molar-refractivity contribution is -0.111. The molecule has 0 radical (unpaired) electrons. The molecule has 1 amide bonds. The predicted molar refractivity (Wildman–Crippen MR) is 61.3 cm³/mol. The SMILES string of the molecule is CC(O)C(C=O)NC(=O)OCc1ccccc1. The highest BCUT2D eigenvalue weighted by Crippen LogP contribution is 2.00. The molecule has 0 fully saturated rings. The zero-order valence-electron chi connectivity index (χ0n) is 9.50. The molecule has 0 aliphatic heterocycles. The lowest BCUT2D eigenvalue weighted by atomic mass is 10.2. The summed E-state index contributed by atoms with van der Waals surface area (Å²) in [7, 11) is 0. The maximum atomic E-state index is 11.3. The van der Waals surface area contributed by atoms with Crippen molar-refractivity contribution in [3.8, 4) is 0 Å². The minimum absolute atomic E-state index is 0.123. The molecule has 0 aromatic heterocycles. The van der Waals surface area contributed by atoms with Gasteiger partial charge in [0.1, 0.15) is 18.9 Å². The predicted octanol–water partition coefficient (Wildman–Crippen LogP) is 0.861. The van der Waals surface area contributed by atoms with E-state index in [4.69, 9.17) is 9.84 Å². The van der Waals surface area contributed by atoms with Gasteiger partial charge >= 0.3 is 6.09 Å². The van der Waals surface area contributed by atoms with Crippen molar-refractivity contribution < 1.29 is 19.4 Å². The normalized spacial score (nSPS) is 13.5. The molecule has 5 nitrogen and oxygen atoms in total. The minimum atomic E-state index is -0.947. The van der Waals surface area contributed by atoms with Crippen LogP contribution in [0.2, 0.25) is 0 Å². The van der Waals surface area contributed by atoms with Crippen LogP contribution >= 0.6 is 0 Å². The summed E-state index contributed by atoms with van der Waals surface area (Å²) >= 11 is 0. The smallest absolute Gasteiger partial charge is 0.408 e. The van der Waals surface area contributed by atoms with Crippen molar-refractivity contribution in [2.45, 2.75) is 25.7 Å². The highest BCUT2D eigenvalue weighted by molar-refractivity contribution is 5.73. The average Bonchev–Trinajstić information content (AvgIpc) is 2.34. The van der Waals surface area contributed by atoms with Crippen molar-refractivity contribution in [1.29, 1.82) is 0 Å². The van der Waals surface area contributed by atoms with Crippen LogP contribution in [0.3, 0.4) is 0 Å². The van der Waals surface area contributed by atoms with Crippen molar-refractivity contribution in [3.05, 3.63) is 35.9 Å². The van der Waals surface area contributed by atoms with E-state index in [1.165, 1.54) is 6.92 Å². The van der Waals surface area contributed by atoms with E-state index < -0.39 is 18.2 Å². The highest BCUT2D eigenvalue weighted by Gasteiger charge is 2.17. The zero-order chi connectivity index (χ0) is 12.7. The van der Waals surface area contributed by atoms with Crippen LogP contribution < -0.4 is 5.32 Å². The number of aliphatic hydroxyl groups excluding tert-OH is 1. The Kier molecular flexibility index (Phi) is 5.16. The summed E-state index contributed by atoms with van der Waals surface area (Å²) in [6.45, 7) is 1.54. The molecule has 1 aromatic carbocycles. The van der Waals surface area contributed by atoms with E-state index in [1.54, 1.807) is 0 Å². The molecular weight excluding hydrogens is 222 g/mol. The number of ether oxygens (including phenoxy) is 1. The summed E-state index contributed by atoms with van der Waals surface area (Å²) in [4.78, 5) is 21.8. The maximum Gasteiger partial charge on any atom is 0.408 e. The minimum Gasteiger partial charge on any atom is -0.445 e. The second kappa shape index (κ2) is 6.65. The third-order valence-electron chi connectivity index (χ3n) is 2.16. The van der Waals surface area contributed by atoms with Crippen molar-refractivity contribution in [3.63, 3.8) is 0 Å². The molecule has 0 saturated carbocycles. The van der Waals surface area contributed by atoms with Crippen molar-refractivity contribution in [1.82, 2.24) is 5.32 Å². The quantitative estimate of drug-likeness (QED) is 0.745. The summed E-state index contributed by atoms with van der Waals surface area (Å²) in [6, 6.07) is 8.22. The van der Waals surface area contributed by atoms with Gasteiger partial charge in [0.2, 0.25) is 0 Å². The molecule has 0 saturated heterocycles. The largest absolute Gasteiger partial charge is 0.445 e. The van der Waals surface area contributed by atoms with Gasteiger partial charge in [-0.2, -0.15) is 0 Å². The Hall–Kier alpha value is -1.88. The molecule has 2 unspecified atom stereocenters. The number of carbonyl (C=O) groups excluding carboxylic acids is 2. The Balaban J connectivity index is 2.37. The fourth-order valence-corrected chi connectivity index (χ4v) is 1.17. The first-order chi connectivity index (χ1) is 8.13. The lowest BCUT2D eigenvalue weighted by Gasteiger charge is -2.15. The average molecular weight is 237 g/mol. The summed E-state index contributed by atoms with van der Waals surface area (Å²) in [5, 5.41) is 11.4. The van der Waals surface area contributed by atoms with Crippen LogP contribution in [0.5, 0.6) is 0 Å². The van der Waals surface area contributed by atoms with Gasteiger partial charge in [-0.05, 0) is 12.5 Å². The zero-order valence-corrected chi connectivity index (χ0v) is 9.50. The topological polar surface area (TPSA) is 75.6 Å². The van der Waals surface area contributed by atoms with E-state index in [9.17, 15) is 9.59 Å². The van der Waals surface area contributed by atoms with Crippen LogP contribution in [0.4, 0.5) is 4.79 Å². The third kappa shape index (κ3) is 4.65. The number of carbonyl (C=O) groups is 2. The Morgan fingerprint density at radius 1 is 1.47 bits per heavy atom. The number of benzene rings is 1. The number of rotatable bonds is 5. The first-order valence-electron chi connectivity index (χ1n) is 5.24. The number of aldehydes is 1. The summed E-state index contributed by atoms with van der Waals surface area (Å²) in [6.07, 6.45) is -1.21. The van der Waals surface area contributed by atoms with Crippen LogP contribution in [0.15, 0.2) is 30.3 Å². The van der Waals surface area contributed by atoms with Gasteiger partial charge in [-0.25, -0.2) is 4.79 Å². The monoisotopic (exact) mass is 237 g/mol. The van der Waals surface area contributed by atoms with Gasteiger partial charge in [-0.15, -0.1) is 0 Å². The number of nitrogens with one attached hydrogen (secondary N) is 1. The van der Waals surface area contributed by atoms with Crippen LogP contribution in [-0.4, -0.2) is 29.6 Å². The van der Waals surface area contributed by atoms with Crippen LogP contribution in [-0.2, 0) is 16.1 Å². The van der Waals surface area contributed by atoms with Gasteiger partial charge in [0.15, 0.2) is 0 Å². The van der Waals surface area contributed by atoms with Crippen molar-refractivity contribution in [2.75, 3.05) is 0 Å². The van der Waals surface area contributed by atoms with Crippen molar-refractivity contribution >= 4 is 12.4 Å². The van der Waals surface area contributed by atoms with E-state index in [-0.39, 0.29) is 6.61 Å². The Bertz CT molecular complexity index is 364. The van der Waals surface area contributed by atoms with Crippen molar-refractivity contribution in [2.24, 2.45) is 0 Å². The molecule has 1 aromatic rings. The molecular formula is C12H15NO4. The summed E-state index contributed by atoms with van der Waals surface area (Å²) < 4.78 is 4.89. The van der Waals surface area contributed by atoms with E-state index in [0.717, 1.165) is 5.56 Å². The van der Waals surface area contributed by atoms with Gasteiger partial charge < -0.3 is 20.0 Å². The maximum absolute atomic E-state index is 11.3. The van der Waals surface area contributed by atoms with E-state index in [2.05, 4.69) is 5.32 Å². The van der Waals surface area contributed by atoms with E-state index in [0.29, 0.717) is 6.29 Å². The summed E-state index contributed by atoms with van der Waals surface area (Å²) in [5.41, 5.74) is 0.849. The molecule has 0 aliphatic carbocycles. The van der Waals surface area contributed by atoms with E-state index >= 15 is 0 Å². The van der Waals surface area contributed by atoms with E-state index in [1.807, 2.05) is 30.3 Å². The highest BCUT2D eigenvalue weighted by atomic mass is 16.5. The standard InChI is InChI=1S/C12H15NO4/c1-9(15)11(7-14)13-12(16)17-8-10-5-3-2-4-6-10/h2-7,9,11,15H,8H2,1H3,(H,13,16). The number of alkyl carbamates (subject to hydrolysis) is 1. The molecule has 92 valence electrons. The molecule has 0 aliphatic rings. The van der Waals surface area contributed by atoms with Gasteiger partial charge in [0.25, 0.3) is 0 Å². The van der Waals surface area contributed by atoms with Gasteiger partial charge in [0.05, 0.1) is 6.10 Å². The van der Waals surface area contributed by atoms with Gasteiger partial charge in [-0.3, -0.25) is 0 Å². The molecule has 0 bridgehead atoms. The molecule has 0 heterocycles. The second-order valence-electron chi connectivity index (χ2n) is 3.61. The molecule has 0 spiro atoms. The Morgan fingerprint density at radius 3 is 2.65 bits per heavy atom. The van der Waals surface area contributed by atoms with Crippen LogP contribution in [0.25, 0.3) is 0 Å². The van der Waals surface area contributed by atoms with Crippen LogP contribution in [0.1, 0.15) is 12.5 Å². The fraction of sp³-hybridized carbons (Fsp3) is 0.333. The third-order valence-corrected chi connectivity index (χ3v) is 2.16. The number of amides is 1. The fourth-order valence-electron chi connectivity index (χ4n) is 1.17. The first-order valence-corrected chi connectivity index (χ1v) is 5.24. The molecule has 2 atom stereocenters. The Morgan fingerprint density at radius 2 is 2.12 bits per heavy atom. The molecule has 1 rings (SSSR count). The number of aliphatic hydroxyl groups is 1. The first kappa shape index (κ1) is 13.2. The molecule has 17 heavy (non-hydrogen) atoms. The van der Waals surface area contributed by atoms with Gasteiger partial charge in [0, 0.05) is 0 Å². The second-order valence-corrected chi connectivity index (χ2v) is 3.61. The lowest BCUT2D eigenvalue weighted by Crippen LogP contribution is -2.43. The van der Waals surface area contributed by atoms with Crippen LogP contribution in [0, 0.1) is 0 Å². The summed E-state index contributed by atoms with van der Waals surface area (Å²) in [5.74, 6) is 0. The molecule has 5 heteroatoms. The number of hydrogen-bond acceptors (Lipinski definition) is 4.